The number of hydrogen-bond donors (Lipinski definition) is 0. The minimum absolute atomic E-state index is 0.0431. The normalized spacial score (nSPS) is 18.3. The van der Waals surface area contributed by atoms with Gasteiger partial charge in [0.25, 0.3) is 5.89 Å². The van der Waals surface area contributed by atoms with Crippen LogP contribution in [0.4, 0.5) is 9.18 Å². The molecule has 1 aliphatic rings. The van der Waals surface area contributed by atoms with Gasteiger partial charge in [-0.05, 0) is 65.2 Å². The quantitative estimate of drug-likeness (QED) is 0.523. The Balaban J connectivity index is 1.63. The second kappa shape index (κ2) is 9.99. The van der Waals surface area contributed by atoms with Gasteiger partial charge in [-0.25, -0.2) is 17.6 Å². The van der Waals surface area contributed by atoms with Crippen molar-refractivity contribution in [3.05, 3.63) is 29.9 Å². The molecule has 11 heteroatoms. The first-order valence-electron chi connectivity index (χ1n) is 11.3. The Morgan fingerprint density at radius 2 is 2.06 bits per heavy atom. The maximum absolute atomic E-state index is 14.2. The molecule has 0 N–H and O–H groups in total. The molecule has 2 heterocycles. The third-order valence-electron chi connectivity index (χ3n) is 5.54. The van der Waals surface area contributed by atoms with Gasteiger partial charge >= 0.3 is 6.09 Å². The zero-order valence-electron chi connectivity index (χ0n) is 20.4. The number of carbonyl (C=O) groups is 1. The van der Waals surface area contributed by atoms with Crippen LogP contribution in [0.2, 0.25) is 0 Å². The lowest BCUT2D eigenvalue weighted by Crippen LogP contribution is -2.53. The molecule has 0 spiro atoms. The molecule has 1 saturated heterocycles. The summed E-state index contributed by atoms with van der Waals surface area (Å²) in [5, 5.41) is 3.88. The summed E-state index contributed by atoms with van der Waals surface area (Å²) in [7, 11) is -3.67. The number of sulfone groups is 1. The summed E-state index contributed by atoms with van der Waals surface area (Å²) >= 11 is 0. The molecule has 1 aromatic heterocycles. The van der Waals surface area contributed by atoms with Crippen molar-refractivity contribution in [2.75, 3.05) is 12.8 Å². The van der Waals surface area contributed by atoms with Crippen LogP contribution in [0.1, 0.15) is 65.9 Å². The van der Waals surface area contributed by atoms with E-state index < -0.39 is 27.4 Å². The molecule has 1 aliphatic heterocycles. The topological polar surface area (TPSA) is 112 Å². The Kier molecular flexibility index (Phi) is 7.66. The second-order valence-electron chi connectivity index (χ2n) is 9.53. The van der Waals surface area contributed by atoms with E-state index in [1.807, 2.05) is 27.7 Å². The Labute approximate surface area is 199 Å². The molecule has 3 atom stereocenters. The average molecular weight is 498 g/mol. The highest BCUT2D eigenvalue weighted by Gasteiger charge is 2.37. The van der Waals surface area contributed by atoms with E-state index in [1.54, 1.807) is 11.8 Å². The number of nitrogens with zero attached hydrogens (tertiary/aromatic N) is 3. The van der Waals surface area contributed by atoms with E-state index in [-0.39, 0.29) is 34.8 Å². The number of rotatable bonds is 8. The number of carbonyl (C=O) groups excluding carboxylic acids is 1. The van der Waals surface area contributed by atoms with E-state index in [0.717, 1.165) is 25.2 Å². The number of amides is 1. The smallest absolute Gasteiger partial charge is 0.410 e. The van der Waals surface area contributed by atoms with Gasteiger partial charge in [0.2, 0.25) is 5.82 Å². The Morgan fingerprint density at radius 1 is 1.35 bits per heavy atom. The summed E-state index contributed by atoms with van der Waals surface area (Å²) in [5.74, 6) is -0.525. The van der Waals surface area contributed by atoms with Crippen molar-refractivity contribution >= 4 is 15.9 Å². The number of aromatic nitrogens is 2. The molecule has 0 aliphatic carbocycles. The number of benzene rings is 1. The number of likely N-dealkylation sites (tertiary alicyclic amines) is 1. The molecule has 188 valence electrons. The highest BCUT2D eigenvalue weighted by atomic mass is 32.2. The van der Waals surface area contributed by atoms with Gasteiger partial charge in [0, 0.05) is 24.4 Å². The predicted octanol–water partition coefficient (Wildman–Crippen LogP) is 4.53. The summed E-state index contributed by atoms with van der Waals surface area (Å²) in [4.78, 5) is 18.0. The van der Waals surface area contributed by atoms with Crippen LogP contribution in [-0.2, 0) is 19.3 Å². The lowest BCUT2D eigenvalue weighted by Gasteiger charge is -2.42. The fourth-order valence-electron chi connectivity index (χ4n) is 3.67. The molecular weight excluding hydrogens is 465 g/mol. The standard InChI is InChI=1S/C23H32FN3O6S/c1-7-17(13-16-10-11-27(16)22(28)32-23(3,4)5)31-14(2)21-25-20(26-33-21)15-8-9-19(18(24)12-15)34(6,29)30/h8-9,12,14,16-17H,7,10-11,13H2,1-6H3/t14-,16?,17-/m1/s1. The molecule has 0 radical (unpaired) electrons. The Morgan fingerprint density at radius 3 is 2.59 bits per heavy atom. The van der Waals surface area contributed by atoms with Gasteiger partial charge in [-0.15, -0.1) is 0 Å². The molecule has 1 fully saturated rings. The van der Waals surface area contributed by atoms with Crippen LogP contribution in [0, 0.1) is 5.82 Å². The molecule has 1 aromatic carbocycles. The van der Waals surface area contributed by atoms with Crippen LogP contribution >= 0.6 is 0 Å². The lowest BCUT2D eigenvalue weighted by atomic mass is 9.96. The summed E-state index contributed by atoms with van der Waals surface area (Å²) in [6.45, 7) is 9.96. The first-order chi connectivity index (χ1) is 15.8. The zero-order chi connectivity index (χ0) is 25.3. The van der Waals surface area contributed by atoms with Crippen LogP contribution < -0.4 is 0 Å². The number of hydrogen-bond acceptors (Lipinski definition) is 8. The van der Waals surface area contributed by atoms with E-state index in [0.29, 0.717) is 18.5 Å². The summed E-state index contributed by atoms with van der Waals surface area (Å²) in [6.07, 6.45) is 2.21. The van der Waals surface area contributed by atoms with E-state index in [4.69, 9.17) is 14.0 Å². The van der Waals surface area contributed by atoms with E-state index in [9.17, 15) is 17.6 Å². The SMILES string of the molecule is CC[C@H](CC1CCN1C(=O)OC(C)(C)C)O[C@H](C)c1nc(-c2ccc(S(C)(=O)=O)c(F)c2)no1. The Hall–Kier alpha value is -2.53. The lowest BCUT2D eigenvalue weighted by molar-refractivity contribution is -0.0546. The largest absolute Gasteiger partial charge is 0.444 e. The first kappa shape index (κ1) is 26.1. The molecule has 9 nitrogen and oxygen atoms in total. The first-order valence-corrected chi connectivity index (χ1v) is 13.2. The molecule has 34 heavy (non-hydrogen) atoms. The van der Waals surface area contributed by atoms with Crippen molar-refractivity contribution in [2.24, 2.45) is 0 Å². The summed E-state index contributed by atoms with van der Waals surface area (Å²) < 4.78 is 54.4. The number of halogens is 1. The molecular formula is C23H32FN3O6S. The van der Waals surface area contributed by atoms with Crippen LogP contribution in [0.15, 0.2) is 27.6 Å². The van der Waals surface area contributed by atoms with Crippen molar-refractivity contribution in [3.63, 3.8) is 0 Å². The van der Waals surface area contributed by atoms with Gasteiger partial charge < -0.3 is 18.9 Å². The predicted molar refractivity (Wildman–Crippen MR) is 122 cm³/mol. The van der Waals surface area contributed by atoms with Gasteiger partial charge in [0.05, 0.1) is 6.10 Å². The van der Waals surface area contributed by atoms with Gasteiger partial charge in [-0.1, -0.05) is 12.1 Å². The Bertz CT molecular complexity index is 1130. The minimum Gasteiger partial charge on any atom is -0.444 e. The van der Waals surface area contributed by atoms with E-state index in [1.165, 1.54) is 12.1 Å². The van der Waals surface area contributed by atoms with Crippen molar-refractivity contribution < 1.29 is 31.6 Å². The molecule has 0 saturated carbocycles. The van der Waals surface area contributed by atoms with Crippen LogP contribution in [0.5, 0.6) is 0 Å². The third kappa shape index (κ3) is 6.32. The number of ether oxygens (including phenoxy) is 2. The molecule has 3 rings (SSSR count). The zero-order valence-corrected chi connectivity index (χ0v) is 21.2. The van der Waals surface area contributed by atoms with Crippen molar-refractivity contribution in [1.29, 1.82) is 0 Å². The average Bonchev–Trinajstić information content (AvgIpc) is 3.17. The van der Waals surface area contributed by atoms with Gasteiger partial charge in [0.1, 0.15) is 22.4 Å². The van der Waals surface area contributed by atoms with Crippen LogP contribution in [0.25, 0.3) is 11.4 Å². The van der Waals surface area contributed by atoms with Crippen molar-refractivity contribution in [3.8, 4) is 11.4 Å². The van der Waals surface area contributed by atoms with Gasteiger partial charge in [0.15, 0.2) is 9.84 Å². The highest BCUT2D eigenvalue weighted by Crippen LogP contribution is 2.29. The molecule has 2 aromatic rings. The van der Waals surface area contributed by atoms with Crippen molar-refractivity contribution in [2.45, 2.75) is 82.6 Å². The van der Waals surface area contributed by atoms with Gasteiger partial charge in [-0.2, -0.15) is 4.98 Å². The fourth-order valence-corrected chi connectivity index (χ4v) is 4.40. The monoisotopic (exact) mass is 497 g/mol. The molecule has 0 bridgehead atoms. The maximum Gasteiger partial charge on any atom is 0.410 e. The molecule has 1 unspecified atom stereocenters. The van der Waals surface area contributed by atoms with Gasteiger partial charge in [-0.3, -0.25) is 0 Å². The highest BCUT2D eigenvalue weighted by molar-refractivity contribution is 7.90. The third-order valence-corrected chi connectivity index (χ3v) is 6.67. The molecule has 1 amide bonds. The van der Waals surface area contributed by atoms with E-state index >= 15 is 0 Å². The maximum atomic E-state index is 14.2. The van der Waals surface area contributed by atoms with Crippen molar-refractivity contribution in [1.82, 2.24) is 15.0 Å². The van der Waals surface area contributed by atoms with Crippen LogP contribution in [-0.4, -0.2) is 60.1 Å². The second-order valence-corrected chi connectivity index (χ2v) is 11.5. The summed E-state index contributed by atoms with van der Waals surface area (Å²) in [5.41, 5.74) is -0.252. The summed E-state index contributed by atoms with van der Waals surface area (Å²) in [6, 6.07) is 3.71. The minimum atomic E-state index is -3.67. The fraction of sp³-hybridized carbons (Fsp3) is 0.609. The van der Waals surface area contributed by atoms with Crippen LogP contribution in [0.3, 0.4) is 0 Å². The van der Waals surface area contributed by atoms with E-state index in [2.05, 4.69) is 10.1 Å².